The Morgan fingerprint density at radius 2 is 1.37 bits per heavy atom. The minimum Gasteiger partial charge on any atom is -0.305 e. The Balaban J connectivity index is 0.000000147. The average molecular weight is 708 g/mol. The molecule has 2 aliphatic rings. The van der Waals surface area contributed by atoms with Crippen LogP contribution in [0, 0.1) is 19.1 Å². The van der Waals surface area contributed by atoms with Crippen molar-refractivity contribution in [2.45, 2.75) is 38.0 Å². The van der Waals surface area contributed by atoms with Gasteiger partial charge in [0.2, 0.25) is 0 Å². The third kappa shape index (κ3) is 5.50. The van der Waals surface area contributed by atoms with E-state index < -0.39 is 0 Å². The molecule has 4 aromatic carbocycles. The number of hydrogen-bond acceptors (Lipinski definition) is 3. The summed E-state index contributed by atoms with van der Waals surface area (Å²) in [5.74, 6) is 1.54. The molecule has 2 bridgehead atoms. The second kappa shape index (κ2) is 11.9. The van der Waals surface area contributed by atoms with Gasteiger partial charge in [-0.2, -0.15) is 0 Å². The fourth-order valence-corrected chi connectivity index (χ4v) is 6.22. The van der Waals surface area contributed by atoms with Crippen LogP contribution in [-0.2, 0) is 20.1 Å². The Hall–Kier alpha value is -3.98. The fourth-order valence-electron chi connectivity index (χ4n) is 6.22. The molecule has 3 nitrogen and oxygen atoms in total. The second-order valence-corrected chi connectivity index (χ2v) is 10.7. The average Bonchev–Trinajstić information content (AvgIpc) is 3.64. The van der Waals surface area contributed by atoms with Gasteiger partial charge in [-0.3, -0.25) is 9.97 Å². The van der Waals surface area contributed by atoms with E-state index in [0.29, 0.717) is 0 Å². The zero-order chi connectivity index (χ0) is 26.9. The molecule has 0 saturated heterocycles. The van der Waals surface area contributed by atoms with Gasteiger partial charge in [0.25, 0.3) is 0 Å². The van der Waals surface area contributed by atoms with Crippen molar-refractivity contribution in [1.29, 1.82) is 0 Å². The molecule has 2 heterocycles. The van der Waals surface area contributed by atoms with E-state index in [4.69, 9.17) is 9.97 Å². The van der Waals surface area contributed by atoms with Gasteiger partial charge in [-0.25, -0.2) is 0 Å². The van der Waals surface area contributed by atoms with E-state index in [2.05, 4.69) is 59.6 Å². The molecule has 0 aliphatic heterocycles. The summed E-state index contributed by atoms with van der Waals surface area (Å²) < 4.78 is 0. The number of pyridine rings is 1. The number of aryl methyl sites for hydroxylation is 1. The maximum absolute atomic E-state index is 4.91. The van der Waals surface area contributed by atoms with Crippen LogP contribution in [0.2, 0.25) is 0 Å². The van der Waals surface area contributed by atoms with Gasteiger partial charge in [-0.15, -0.1) is 71.3 Å². The zero-order valence-electron chi connectivity index (χ0n) is 22.8. The first kappa shape index (κ1) is 27.2. The Kier molecular flexibility index (Phi) is 7.87. The summed E-state index contributed by atoms with van der Waals surface area (Å²) in [5, 5.41) is 0. The quantitative estimate of drug-likeness (QED) is 0.173. The number of benzene rings is 4. The van der Waals surface area contributed by atoms with Crippen LogP contribution in [0.4, 0.5) is 0 Å². The van der Waals surface area contributed by atoms with Crippen molar-refractivity contribution < 1.29 is 20.1 Å². The van der Waals surface area contributed by atoms with E-state index in [1.54, 1.807) is 6.20 Å². The third-order valence-corrected chi connectivity index (χ3v) is 8.17. The van der Waals surface area contributed by atoms with E-state index >= 15 is 0 Å². The summed E-state index contributed by atoms with van der Waals surface area (Å²) >= 11 is 0. The second-order valence-electron chi connectivity index (χ2n) is 10.7. The van der Waals surface area contributed by atoms with E-state index in [0.717, 1.165) is 51.1 Å². The van der Waals surface area contributed by atoms with Gasteiger partial charge in [0, 0.05) is 37.7 Å². The van der Waals surface area contributed by atoms with Crippen molar-refractivity contribution in [3.8, 4) is 33.6 Å². The van der Waals surface area contributed by atoms with Gasteiger partial charge in [0.15, 0.2) is 0 Å². The normalized spacial score (nSPS) is 16.4. The molecule has 1 saturated carbocycles. The predicted octanol–water partition coefficient (Wildman–Crippen LogP) is 8.98. The van der Waals surface area contributed by atoms with Crippen molar-refractivity contribution in [3.05, 3.63) is 138 Å². The topological polar surface area (TPSA) is 38.7 Å². The fraction of sp³-hybridized carbons (Fsp3) is 0.162. The molecule has 2 atom stereocenters. The molecular weight excluding hydrogens is 679 g/mol. The summed E-state index contributed by atoms with van der Waals surface area (Å²) in [6.07, 6.45) is 5.84. The van der Waals surface area contributed by atoms with Crippen LogP contribution in [-0.4, -0.2) is 15.0 Å². The molecule has 0 N–H and O–H groups in total. The molecule has 1 fully saturated rings. The maximum atomic E-state index is 4.91. The molecule has 203 valence electrons. The van der Waals surface area contributed by atoms with Crippen molar-refractivity contribution in [2.75, 3.05) is 0 Å². The largest absolute Gasteiger partial charge is 0.305 e. The zero-order valence-corrected chi connectivity index (χ0v) is 25.2. The summed E-state index contributed by atoms with van der Waals surface area (Å²) in [7, 11) is 0. The number of hydrogen-bond donors (Lipinski definition) is 0. The summed E-state index contributed by atoms with van der Waals surface area (Å²) in [6, 6.07) is 41.5. The van der Waals surface area contributed by atoms with Crippen molar-refractivity contribution in [1.82, 2.24) is 15.0 Å². The SMILES string of the molecule is Cc1nc2cc3c(cc2nc1-c1[c-]cccc1)C1CCC3C1.[Ir].[c-]1ccc(-c2ccccc2)cc1-c1ccccn1. The first-order valence-electron chi connectivity index (χ1n) is 14.0. The molecule has 2 aromatic heterocycles. The van der Waals surface area contributed by atoms with Crippen LogP contribution in [0.5, 0.6) is 0 Å². The molecule has 8 rings (SSSR count). The monoisotopic (exact) mass is 708 g/mol. The van der Waals surface area contributed by atoms with Crippen LogP contribution in [0.1, 0.15) is 47.9 Å². The van der Waals surface area contributed by atoms with Crippen LogP contribution in [0.25, 0.3) is 44.7 Å². The minimum absolute atomic E-state index is 0. The number of rotatable bonds is 3. The van der Waals surface area contributed by atoms with E-state index in [-0.39, 0.29) is 20.1 Å². The number of nitrogens with zero attached hydrogens (tertiary/aromatic N) is 3. The van der Waals surface area contributed by atoms with Gasteiger partial charge in [0.05, 0.1) is 11.0 Å². The van der Waals surface area contributed by atoms with Crippen LogP contribution < -0.4 is 0 Å². The van der Waals surface area contributed by atoms with Crippen molar-refractivity contribution in [3.63, 3.8) is 0 Å². The summed E-state index contributed by atoms with van der Waals surface area (Å²) in [6.45, 7) is 2.04. The van der Waals surface area contributed by atoms with Gasteiger partial charge in [-0.1, -0.05) is 42.5 Å². The molecule has 4 heteroatoms. The van der Waals surface area contributed by atoms with Gasteiger partial charge in [0.1, 0.15) is 0 Å². The van der Waals surface area contributed by atoms with Gasteiger partial charge < -0.3 is 4.98 Å². The Morgan fingerprint density at radius 3 is 2.07 bits per heavy atom. The molecule has 2 unspecified atom stereocenters. The first-order chi connectivity index (χ1) is 19.7. The Bertz CT molecular complexity index is 1730. The molecule has 2 aliphatic carbocycles. The molecule has 41 heavy (non-hydrogen) atoms. The molecule has 6 aromatic rings. The third-order valence-electron chi connectivity index (χ3n) is 8.17. The maximum Gasteiger partial charge on any atom is 0.0873 e. The minimum atomic E-state index is 0. The van der Waals surface area contributed by atoms with Gasteiger partial charge >= 0.3 is 0 Å². The van der Waals surface area contributed by atoms with Crippen LogP contribution >= 0.6 is 0 Å². The van der Waals surface area contributed by atoms with Crippen LogP contribution in [0.15, 0.2) is 109 Å². The molecule has 0 amide bonds. The van der Waals surface area contributed by atoms with E-state index in [1.807, 2.05) is 67.6 Å². The summed E-state index contributed by atoms with van der Waals surface area (Å²) in [4.78, 5) is 14.1. The smallest absolute Gasteiger partial charge is 0.0873 e. The van der Waals surface area contributed by atoms with Crippen molar-refractivity contribution in [2.24, 2.45) is 0 Å². The van der Waals surface area contributed by atoms with Crippen LogP contribution in [0.3, 0.4) is 0 Å². The molecular formula is C37H29IrN3-2. The first-order valence-corrected chi connectivity index (χ1v) is 14.0. The van der Waals surface area contributed by atoms with Crippen molar-refractivity contribution >= 4 is 11.0 Å². The Morgan fingerprint density at radius 1 is 0.659 bits per heavy atom. The van der Waals surface area contributed by atoms with Gasteiger partial charge in [-0.05, 0) is 78.6 Å². The number of fused-ring (bicyclic) bond motifs is 6. The van der Waals surface area contributed by atoms with E-state index in [1.165, 1.54) is 41.5 Å². The predicted molar refractivity (Wildman–Crippen MR) is 162 cm³/mol. The van der Waals surface area contributed by atoms with E-state index in [9.17, 15) is 0 Å². The Labute approximate surface area is 255 Å². The standard InChI is InChI=1S/C20H17N2.C17H12N.Ir/c1-12-20(13-5-3-2-4-6-13)22-19-11-17-15-8-7-14(9-15)16(17)10-18(19)21-12;1-2-7-14(8-3-1)15-9-6-10-16(13-15)17-11-4-5-12-18-17;/h2-5,10-11,14-15H,7-9H2,1H3;1-9,11-13H;/q2*-1;. The summed E-state index contributed by atoms with van der Waals surface area (Å²) in [5.41, 5.74) is 12.5. The molecule has 1 radical (unpaired) electrons. The molecule has 0 spiro atoms. The number of aromatic nitrogens is 3.